The Morgan fingerprint density at radius 1 is 1.38 bits per heavy atom. The molecule has 0 spiro atoms. The van der Waals surface area contributed by atoms with E-state index in [9.17, 15) is 5.11 Å². The van der Waals surface area contributed by atoms with Gasteiger partial charge in [0.25, 0.3) is 0 Å². The molecule has 2 N–H and O–H groups in total. The summed E-state index contributed by atoms with van der Waals surface area (Å²) in [7, 11) is 0. The first-order valence-corrected chi connectivity index (χ1v) is 4.51. The molecule has 0 radical (unpaired) electrons. The first-order valence-electron chi connectivity index (χ1n) is 4.07. The minimum Gasteiger partial charge on any atom is -0.508 e. The van der Waals surface area contributed by atoms with Gasteiger partial charge in [0, 0.05) is 24.2 Å². The summed E-state index contributed by atoms with van der Waals surface area (Å²) >= 11 is 5.34. The van der Waals surface area contributed by atoms with E-state index in [-0.39, 0.29) is 0 Å². The van der Waals surface area contributed by atoms with Gasteiger partial charge in [0.15, 0.2) is 0 Å². The highest BCUT2D eigenvalue weighted by atomic mass is 35.5. The third kappa shape index (κ3) is 3.49. The lowest BCUT2D eigenvalue weighted by atomic mass is 10.2. The van der Waals surface area contributed by atoms with Crippen molar-refractivity contribution in [3.8, 4) is 5.75 Å². The van der Waals surface area contributed by atoms with E-state index in [0.717, 1.165) is 5.56 Å². The van der Waals surface area contributed by atoms with Crippen LogP contribution in [0, 0.1) is 0 Å². The molecule has 13 heavy (non-hydrogen) atoms. The SMILES string of the molecule is Oc1ccccc1CNC/C=C/Cl. The van der Waals surface area contributed by atoms with Crippen molar-refractivity contribution < 1.29 is 5.11 Å². The molecule has 0 fully saturated rings. The lowest BCUT2D eigenvalue weighted by Gasteiger charge is -2.03. The van der Waals surface area contributed by atoms with Gasteiger partial charge < -0.3 is 10.4 Å². The zero-order valence-electron chi connectivity index (χ0n) is 7.20. The molecular formula is C10H12ClNO. The van der Waals surface area contributed by atoms with Gasteiger partial charge in [-0.1, -0.05) is 35.9 Å². The van der Waals surface area contributed by atoms with Crippen LogP contribution in [0.5, 0.6) is 5.75 Å². The van der Waals surface area contributed by atoms with Crippen LogP contribution in [0.4, 0.5) is 0 Å². The van der Waals surface area contributed by atoms with Gasteiger partial charge in [-0.05, 0) is 6.07 Å². The Labute approximate surface area is 82.8 Å². The Kier molecular flexibility index (Phi) is 4.36. The predicted molar refractivity (Wildman–Crippen MR) is 54.8 cm³/mol. The molecule has 0 bridgehead atoms. The maximum absolute atomic E-state index is 9.38. The highest BCUT2D eigenvalue weighted by Gasteiger charge is 1.96. The largest absolute Gasteiger partial charge is 0.508 e. The van der Waals surface area contributed by atoms with Crippen LogP contribution in [0.15, 0.2) is 35.9 Å². The lowest BCUT2D eigenvalue weighted by molar-refractivity contribution is 0.465. The van der Waals surface area contributed by atoms with Gasteiger partial charge in [-0.2, -0.15) is 0 Å². The average molecular weight is 198 g/mol. The van der Waals surface area contributed by atoms with Crippen molar-refractivity contribution in [1.82, 2.24) is 5.32 Å². The zero-order valence-corrected chi connectivity index (χ0v) is 7.96. The first-order chi connectivity index (χ1) is 6.34. The molecule has 0 aliphatic rings. The highest BCUT2D eigenvalue weighted by molar-refractivity contribution is 6.25. The fourth-order valence-electron chi connectivity index (χ4n) is 0.995. The second kappa shape index (κ2) is 5.62. The quantitative estimate of drug-likeness (QED) is 0.726. The zero-order chi connectivity index (χ0) is 9.52. The third-order valence-electron chi connectivity index (χ3n) is 1.66. The van der Waals surface area contributed by atoms with Crippen molar-refractivity contribution in [2.24, 2.45) is 0 Å². The summed E-state index contributed by atoms with van der Waals surface area (Å²) in [5, 5.41) is 12.5. The molecule has 0 atom stereocenters. The topological polar surface area (TPSA) is 32.3 Å². The van der Waals surface area contributed by atoms with Crippen LogP contribution in [-0.4, -0.2) is 11.7 Å². The molecule has 1 aromatic carbocycles. The fourth-order valence-corrected chi connectivity index (χ4v) is 1.08. The molecule has 1 rings (SSSR count). The molecule has 2 nitrogen and oxygen atoms in total. The van der Waals surface area contributed by atoms with Gasteiger partial charge in [0.05, 0.1) is 0 Å². The molecule has 0 saturated heterocycles. The van der Waals surface area contributed by atoms with Gasteiger partial charge in [0.2, 0.25) is 0 Å². The van der Waals surface area contributed by atoms with Crippen molar-refractivity contribution in [3.05, 3.63) is 41.4 Å². The van der Waals surface area contributed by atoms with Crippen LogP contribution in [0.1, 0.15) is 5.56 Å². The third-order valence-corrected chi connectivity index (χ3v) is 1.84. The summed E-state index contributed by atoms with van der Waals surface area (Å²) in [4.78, 5) is 0. The summed E-state index contributed by atoms with van der Waals surface area (Å²) < 4.78 is 0. The summed E-state index contributed by atoms with van der Waals surface area (Å²) in [6.07, 6.45) is 1.81. The van der Waals surface area contributed by atoms with Gasteiger partial charge in [-0.3, -0.25) is 0 Å². The number of hydrogen-bond acceptors (Lipinski definition) is 2. The Bertz CT molecular complexity index is 286. The van der Waals surface area contributed by atoms with Crippen LogP contribution in [0.3, 0.4) is 0 Å². The van der Waals surface area contributed by atoms with E-state index in [1.165, 1.54) is 5.54 Å². The van der Waals surface area contributed by atoms with Crippen molar-refractivity contribution >= 4 is 11.6 Å². The normalized spacial score (nSPS) is 10.8. The van der Waals surface area contributed by atoms with Crippen LogP contribution in [-0.2, 0) is 6.54 Å². The maximum atomic E-state index is 9.38. The number of para-hydroxylation sites is 1. The first kappa shape index (κ1) is 10.1. The molecular weight excluding hydrogens is 186 g/mol. The van der Waals surface area contributed by atoms with Crippen molar-refractivity contribution in [2.75, 3.05) is 6.54 Å². The van der Waals surface area contributed by atoms with Gasteiger partial charge >= 0.3 is 0 Å². The van der Waals surface area contributed by atoms with E-state index >= 15 is 0 Å². The number of phenols is 1. The highest BCUT2D eigenvalue weighted by Crippen LogP contribution is 2.14. The number of aromatic hydroxyl groups is 1. The van der Waals surface area contributed by atoms with E-state index in [0.29, 0.717) is 18.8 Å². The molecule has 0 amide bonds. The number of halogens is 1. The molecule has 0 aliphatic carbocycles. The van der Waals surface area contributed by atoms with Gasteiger partial charge in [-0.15, -0.1) is 0 Å². The number of hydrogen-bond donors (Lipinski definition) is 2. The monoisotopic (exact) mass is 197 g/mol. The minimum absolute atomic E-state index is 0.324. The summed E-state index contributed by atoms with van der Waals surface area (Å²) in [5.41, 5.74) is 2.36. The molecule has 1 aromatic rings. The second-order valence-corrected chi connectivity index (χ2v) is 2.87. The van der Waals surface area contributed by atoms with Crippen LogP contribution in [0.25, 0.3) is 0 Å². The summed E-state index contributed by atoms with van der Waals surface area (Å²) in [6.45, 7) is 1.35. The van der Waals surface area contributed by atoms with E-state index < -0.39 is 0 Å². The molecule has 0 heterocycles. The van der Waals surface area contributed by atoms with Crippen molar-refractivity contribution in [2.45, 2.75) is 6.54 Å². The average Bonchev–Trinajstić information content (AvgIpc) is 2.15. The van der Waals surface area contributed by atoms with E-state index in [1.807, 2.05) is 18.2 Å². The second-order valence-electron chi connectivity index (χ2n) is 2.62. The molecule has 3 heteroatoms. The maximum Gasteiger partial charge on any atom is 0.120 e. The summed E-state index contributed by atoms with van der Waals surface area (Å²) in [5.74, 6) is 0.324. The minimum atomic E-state index is 0.324. The van der Waals surface area contributed by atoms with E-state index in [2.05, 4.69) is 5.32 Å². The molecule has 0 saturated carbocycles. The standard InChI is InChI=1S/C10H12ClNO/c11-6-3-7-12-8-9-4-1-2-5-10(9)13/h1-6,12-13H,7-8H2/b6-3+. The molecule has 70 valence electrons. The smallest absolute Gasteiger partial charge is 0.120 e. The van der Waals surface area contributed by atoms with Crippen molar-refractivity contribution in [3.63, 3.8) is 0 Å². The Balaban J connectivity index is 2.41. The predicted octanol–water partition coefficient (Wildman–Crippen LogP) is 2.23. The number of nitrogens with one attached hydrogen (secondary N) is 1. The Morgan fingerprint density at radius 2 is 2.15 bits per heavy atom. The lowest BCUT2D eigenvalue weighted by Crippen LogP contribution is -2.12. The van der Waals surface area contributed by atoms with E-state index in [4.69, 9.17) is 11.6 Å². The van der Waals surface area contributed by atoms with Gasteiger partial charge in [-0.25, -0.2) is 0 Å². The van der Waals surface area contributed by atoms with Crippen LogP contribution < -0.4 is 5.32 Å². The molecule has 0 aromatic heterocycles. The van der Waals surface area contributed by atoms with Gasteiger partial charge in [0.1, 0.15) is 5.75 Å². The summed E-state index contributed by atoms with van der Waals surface area (Å²) in [6, 6.07) is 7.26. The van der Waals surface area contributed by atoms with Crippen LogP contribution in [0.2, 0.25) is 0 Å². The Hall–Kier alpha value is -0.990. The number of rotatable bonds is 4. The fraction of sp³-hybridized carbons (Fsp3) is 0.200. The molecule has 0 unspecified atom stereocenters. The Morgan fingerprint density at radius 3 is 2.85 bits per heavy atom. The molecule has 0 aliphatic heterocycles. The van der Waals surface area contributed by atoms with Crippen molar-refractivity contribution in [1.29, 1.82) is 0 Å². The van der Waals surface area contributed by atoms with Crippen LogP contribution >= 0.6 is 11.6 Å². The number of benzene rings is 1. The van der Waals surface area contributed by atoms with E-state index in [1.54, 1.807) is 12.1 Å². The number of phenolic OH excluding ortho intramolecular Hbond substituents is 1.